The molecule has 0 saturated heterocycles. The van der Waals surface area contributed by atoms with Crippen LogP contribution in [-0.2, 0) is 4.74 Å². The van der Waals surface area contributed by atoms with E-state index in [4.69, 9.17) is 4.74 Å². The van der Waals surface area contributed by atoms with Gasteiger partial charge in [0.1, 0.15) is 0 Å². The molecule has 1 N–H and O–H groups in total. The fraction of sp³-hybridized carbons (Fsp3) is 0.222. The normalized spacial score (nSPS) is 13.2. The van der Waals surface area contributed by atoms with Gasteiger partial charge in [0.05, 0.1) is 24.2 Å². The minimum Gasteiger partial charge on any atom is -0.396 e. The topological polar surface area (TPSA) is 55.2 Å². The maximum Gasteiger partial charge on any atom is 0.0970 e. The van der Waals surface area contributed by atoms with Crippen molar-refractivity contribution in [3.05, 3.63) is 54.4 Å². The van der Waals surface area contributed by atoms with Gasteiger partial charge in [-0.15, -0.1) is 0 Å². The van der Waals surface area contributed by atoms with E-state index in [1.807, 2.05) is 36.4 Å². The molecule has 2 aromatic heterocycles. The predicted molar refractivity (Wildman–Crippen MR) is 88.5 cm³/mol. The number of methoxy groups -OCH3 is 1. The van der Waals surface area contributed by atoms with Crippen molar-refractivity contribution in [2.45, 2.75) is 0 Å². The van der Waals surface area contributed by atoms with Gasteiger partial charge in [-0.1, -0.05) is 24.3 Å². The average Bonchev–Trinajstić information content (AvgIpc) is 2.58. The summed E-state index contributed by atoms with van der Waals surface area (Å²) in [5, 5.41) is 11.5. The molecular formula is C18H18N2O2. The Morgan fingerprint density at radius 1 is 1.18 bits per heavy atom. The van der Waals surface area contributed by atoms with Crippen molar-refractivity contribution in [3.8, 4) is 0 Å². The molecule has 112 valence electrons. The first-order valence-electron chi connectivity index (χ1n) is 7.24. The number of ether oxygens (including phenoxy) is 1. The molecule has 1 aromatic carbocycles. The standard InChI is InChI=1S/C18H18N2O2/c1-22-12-13(11-21)6-7-14-10-15-4-2-8-19-17(15)18-16(14)5-3-9-20-18/h2-10,13,21H,11-12H2,1H3/b7-6+. The van der Waals surface area contributed by atoms with Crippen LogP contribution < -0.4 is 0 Å². The zero-order chi connectivity index (χ0) is 15.4. The number of benzene rings is 1. The lowest BCUT2D eigenvalue weighted by Crippen LogP contribution is -2.09. The molecule has 1 atom stereocenters. The second kappa shape index (κ2) is 6.64. The molecule has 0 amide bonds. The van der Waals surface area contributed by atoms with E-state index in [1.165, 1.54) is 0 Å². The van der Waals surface area contributed by atoms with Crippen molar-refractivity contribution in [2.75, 3.05) is 20.3 Å². The first-order chi connectivity index (χ1) is 10.8. The fourth-order valence-electron chi connectivity index (χ4n) is 2.57. The van der Waals surface area contributed by atoms with E-state index < -0.39 is 0 Å². The van der Waals surface area contributed by atoms with Crippen LogP contribution in [0.2, 0.25) is 0 Å². The number of hydrogen-bond acceptors (Lipinski definition) is 4. The van der Waals surface area contributed by atoms with Gasteiger partial charge in [0.2, 0.25) is 0 Å². The number of nitrogens with zero attached hydrogens (tertiary/aromatic N) is 2. The third kappa shape index (κ3) is 2.84. The lowest BCUT2D eigenvalue weighted by atomic mass is 10.0. The highest BCUT2D eigenvalue weighted by molar-refractivity contribution is 6.06. The van der Waals surface area contributed by atoms with Crippen molar-refractivity contribution in [3.63, 3.8) is 0 Å². The van der Waals surface area contributed by atoms with Crippen LogP contribution in [0.1, 0.15) is 5.56 Å². The fourth-order valence-corrected chi connectivity index (χ4v) is 2.57. The van der Waals surface area contributed by atoms with Crippen molar-refractivity contribution in [1.29, 1.82) is 0 Å². The molecule has 0 aliphatic heterocycles. The first-order valence-corrected chi connectivity index (χ1v) is 7.24. The third-order valence-electron chi connectivity index (χ3n) is 3.66. The van der Waals surface area contributed by atoms with Crippen molar-refractivity contribution >= 4 is 27.9 Å². The van der Waals surface area contributed by atoms with E-state index in [2.05, 4.69) is 16.0 Å². The molecule has 0 bridgehead atoms. The zero-order valence-corrected chi connectivity index (χ0v) is 12.4. The minimum absolute atomic E-state index is 0.0127. The summed E-state index contributed by atoms with van der Waals surface area (Å²) in [7, 11) is 1.64. The van der Waals surface area contributed by atoms with Crippen LogP contribution in [0, 0.1) is 5.92 Å². The average molecular weight is 294 g/mol. The number of fused-ring (bicyclic) bond motifs is 3. The van der Waals surface area contributed by atoms with Gasteiger partial charge in [0.25, 0.3) is 0 Å². The Bertz CT molecular complexity index is 814. The highest BCUT2D eigenvalue weighted by Gasteiger charge is 2.07. The van der Waals surface area contributed by atoms with Crippen LogP contribution in [0.3, 0.4) is 0 Å². The van der Waals surface area contributed by atoms with Crippen LogP contribution in [0.5, 0.6) is 0 Å². The number of aliphatic hydroxyl groups is 1. The summed E-state index contributed by atoms with van der Waals surface area (Å²) in [6.07, 6.45) is 7.57. The van der Waals surface area contributed by atoms with Gasteiger partial charge in [0.15, 0.2) is 0 Å². The van der Waals surface area contributed by atoms with Gasteiger partial charge in [-0.2, -0.15) is 0 Å². The quantitative estimate of drug-likeness (QED) is 0.735. The summed E-state index contributed by atoms with van der Waals surface area (Å²) in [6.45, 7) is 0.563. The molecule has 0 saturated carbocycles. The van der Waals surface area contributed by atoms with E-state index in [-0.39, 0.29) is 12.5 Å². The van der Waals surface area contributed by atoms with Gasteiger partial charge < -0.3 is 9.84 Å². The predicted octanol–water partition coefficient (Wildman–Crippen LogP) is 3.05. The van der Waals surface area contributed by atoms with E-state index in [9.17, 15) is 5.11 Å². The number of hydrogen-bond donors (Lipinski definition) is 1. The Morgan fingerprint density at radius 3 is 2.73 bits per heavy atom. The van der Waals surface area contributed by atoms with E-state index in [0.717, 1.165) is 27.4 Å². The Labute approximate surface area is 129 Å². The summed E-state index contributed by atoms with van der Waals surface area (Å²) < 4.78 is 5.11. The second-order valence-corrected chi connectivity index (χ2v) is 5.20. The van der Waals surface area contributed by atoms with Gasteiger partial charge in [-0.3, -0.25) is 9.97 Å². The maximum absolute atomic E-state index is 9.37. The largest absolute Gasteiger partial charge is 0.396 e. The smallest absolute Gasteiger partial charge is 0.0970 e. The van der Waals surface area contributed by atoms with Gasteiger partial charge in [0, 0.05) is 36.2 Å². The number of pyridine rings is 2. The Balaban J connectivity index is 2.13. The highest BCUT2D eigenvalue weighted by Crippen LogP contribution is 2.26. The Kier molecular flexibility index (Phi) is 4.42. The van der Waals surface area contributed by atoms with Crippen LogP contribution in [0.4, 0.5) is 0 Å². The lowest BCUT2D eigenvalue weighted by molar-refractivity contribution is 0.132. The molecule has 0 radical (unpaired) electrons. The number of rotatable bonds is 5. The van der Waals surface area contributed by atoms with Crippen LogP contribution >= 0.6 is 0 Å². The van der Waals surface area contributed by atoms with E-state index in [0.29, 0.717) is 6.61 Å². The Morgan fingerprint density at radius 2 is 1.95 bits per heavy atom. The second-order valence-electron chi connectivity index (χ2n) is 5.20. The van der Waals surface area contributed by atoms with Crippen molar-refractivity contribution in [1.82, 2.24) is 9.97 Å². The van der Waals surface area contributed by atoms with E-state index >= 15 is 0 Å². The molecule has 0 spiro atoms. The zero-order valence-electron chi connectivity index (χ0n) is 12.4. The van der Waals surface area contributed by atoms with Gasteiger partial charge >= 0.3 is 0 Å². The molecule has 1 unspecified atom stereocenters. The van der Waals surface area contributed by atoms with Crippen molar-refractivity contribution < 1.29 is 9.84 Å². The molecule has 0 fully saturated rings. The van der Waals surface area contributed by atoms with Gasteiger partial charge in [-0.25, -0.2) is 0 Å². The molecule has 3 aromatic rings. The van der Waals surface area contributed by atoms with Crippen LogP contribution in [0.15, 0.2) is 48.8 Å². The molecule has 4 nitrogen and oxygen atoms in total. The van der Waals surface area contributed by atoms with Crippen LogP contribution in [-0.4, -0.2) is 35.4 Å². The molecular weight excluding hydrogens is 276 g/mol. The molecule has 4 heteroatoms. The summed E-state index contributed by atoms with van der Waals surface area (Å²) in [4.78, 5) is 8.93. The summed E-state index contributed by atoms with van der Waals surface area (Å²) in [5.41, 5.74) is 2.87. The summed E-state index contributed by atoms with van der Waals surface area (Å²) in [5.74, 6) is -0.0127. The number of aromatic nitrogens is 2. The molecule has 0 aliphatic rings. The number of aliphatic hydroxyl groups excluding tert-OH is 1. The molecule has 3 rings (SSSR count). The van der Waals surface area contributed by atoms with Gasteiger partial charge in [-0.05, 0) is 23.8 Å². The first kappa shape index (κ1) is 14.6. The Hall–Kier alpha value is -2.30. The highest BCUT2D eigenvalue weighted by atomic mass is 16.5. The SMILES string of the molecule is COCC(/C=C/c1cc2cccnc2c2ncccc12)CO. The van der Waals surface area contributed by atoms with E-state index in [1.54, 1.807) is 19.5 Å². The summed E-state index contributed by atoms with van der Waals surface area (Å²) in [6, 6.07) is 10.0. The third-order valence-corrected chi connectivity index (χ3v) is 3.66. The van der Waals surface area contributed by atoms with Crippen molar-refractivity contribution in [2.24, 2.45) is 5.92 Å². The molecule has 22 heavy (non-hydrogen) atoms. The lowest BCUT2D eigenvalue weighted by Gasteiger charge is -2.09. The molecule has 0 aliphatic carbocycles. The maximum atomic E-state index is 9.37. The minimum atomic E-state index is -0.0127. The van der Waals surface area contributed by atoms with Crippen LogP contribution in [0.25, 0.3) is 27.9 Å². The monoisotopic (exact) mass is 294 g/mol. The molecule has 2 heterocycles. The summed E-state index contributed by atoms with van der Waals surface area (Å²) >= 11 is 0.